The maximum absolute atomic E-state index is 4.84. The quantitative estimate of drug-likeness (QED) is 0.338. The summed E-state index contributed by atoms with van der Waals surface area (Å²) in [5.74, 6) is 0. The van der Waals surface area contributed by atoms with Crippen LogP contribution in [0.25, 0.3) is 38.4 Å². The normalized spacial score (nSPS) is 13.3. The molecule has 6 rings (SSSR count). The predicted molar refractivity (Wildman–Crippen MR) is 113 cm³/mol. The topological polar surface area (TPSA) is 17.3 Å². The fourth-order valence-electron chi connectivity index (χ4n) is 5.00. The Balaban J connectivity index is 1.92. The van der Waals surface area contributed by atoms with Gasteiger partial charge in [-0.3, -0.25) is 4.40 Å². The first-order chi connectivity index (χ1) is 13.2. The van der Waals surface area contributed by atoms with Crippen LogP contribution in [-0.4, -0.2) is 9.38 Å². The Kier molecular flexibility index (Phi) is 2.88. The van der Waals surface area contributed by atoms with Crippen LogP contribution >= 0.6 is 0 Å². The molecular weight excluding hydrogens is 328 g/mol. The minimum Gasteiger partial charge on any atom is -0.296 e. The number of para-hydroxylation sites is 1. The summed E-state index contributed by atoms with van der Waals surface area (Å²) in [5, 5.41) is 3.92. The summed E-state index contributed by atoms with van der Waals surface area (Å²) >= 11 is 0. The monoisotopic (exact) mass is 348 g/mol. The van der Waals surface area contributed by atoms with E-state index in [1.54, 1.807) is 0 Å². The summed E-state index contributed by atoms with van der Waals surface area (Å²) in [4.78, 5) is 4.84. The van der Waals surface area contributed by atoms with Gasteiger partial charge in [0.15, 0.2) is 0 Å². The molecule has 2 nitrogen and oxygen atoms in total. The molecule has 1 aliphatic heterocycles. The van der Waals surface area contributed by atoms with Gasteiger partial charge in [-0.05, 0) is 54.5 Å². The fourth-order valence-corrected chi connectivity index (χ4v) is 5.00. The van der Waals surface area contributed by atoms with Gasteiger partial charge in [-0.2, -0.15) is 0 Å². The lowest BCUT2D eigenvalue weighted by atomic mass is 9.89. The van der Waals surface area contributed by atoms with Gasteiger partial charge in [0, 0.05) is 28.0 Å². The smallest absolute Gasteiger partial charge is 0.145 e. The van der Waals surface area contributed by atoms with E-state index in [-0.39, 0.29) is 0 Å². The number of fused-ring (bicyclic) bond motifs is 3. The van der Waals surface area contributed by atoms with E-state index in [1.165, 1.54) is 55.2 Å². The molecule has 0 amide bonds. The molecule has 0 unspecified atom stereocenters. The zero-order valence-corrected chi connectivity index (χ0v) is 15.6. The number of nitrogens with zero attached hydrogens (tertiary/aromatic N) is 2. The Morgan fingerprint density at radius 1 is 0.815 bits per heavy atom. The van der Waals surface area contributed by atoms with E-state index in [9.17, 15) is 0 Å². The molecule has 3 heterocycles. The van der Waals surface area contributed by atoms with Gasteiger partial charge in [0.25, 0.3) is 0 Å². The molecule has 0 atom stereocenters. The lowest BCUT2D eigenvalue weighted by Gasteiger charge is -2.20. The summed E-state index contributed by atoms with van der Waals surface area (Å²) in [6.45, 7) is 4.42. The predicted octanol–water partition coefficient (Wildman–Crippen LogP) is 6.02. The van der Waals surface area contributed by atoms with Crippen molar-refractivity contribution in [3.63, 3.8) is 0 Å². The number of imidazole rings is 1. The highest BCUT2D eigenvalue weighted by Crippen LogP contribution is 2.41. The highest BCUT2D eigenvalue weighted by Gasteiger charge is 2.21. The Bertz CT molecular complexity index is 1370. The number of hydrogen-bond donors (Lipinski definition) is 0. The lowest BCUT2D eigenvalue weighted by molar-refractivity contribution is 0.877. The Labute approximate surface area is 158 Å². The number of hydrogen-bond acceptors (Lipinski definition) is 1. The van der Waals surface area contributed by atoms with Crippen molar-refractivity contribution < 1.29 is 0 Å². The molecule has 2 heteroatoms. The van der Waals surface area contributed by atoms with Gasteiger partial charge in [0.2, 0.25) is 0 Å². The van der Waals surface area contributed by atoms with Crippen molar-refractivity contribution in [2.24, 2.45) is 0 Å². The van der Waals surface area contributed by atoms with Crippen molar-refractivity contribution in [3.05, 3.63) is 83.2 Å². The van der Waals surface area contributed by atoms with Crippen LogP contribution < -0.4 is 0 Å². The van der Waals surface area contributed by atoms with Gasteiger partial charge in [0.1, 0.15) is 5.65 Å². The van der Waals surface area contributed by atoms with Crippen molar-refractivity contribution in [2.75, 3.05) is 0 Å². The third kappa shape index (κ3) is 1.88. The first kappa shape index (κ1) is 15.0. The highest BCUT2D eigenvalue weighted by molar-refractivity contribution is 6.18. The van der Waals surface area contributed by atoms with E-state index >= 15 is 0 Å². The maximum atomic E-state index is 4.84. The van der Waals surface area contributed by atoms with Crippen LogP contribution in [0, 0.1) is 13.8 Å². The molecule has 27 heavy (non-hydrogen) atoms. The van der Waals surface area contributed by atoms with Crippen LogP contribution in [-0.2, 0) is 12.8 Å². The SMILES string of the molecule is Cc1cccc(C)c1-c1cccc2c1c1cccc3c1n1c(cnc21)CC3. The van der Waals surface area contributed by atoms with Gasteiger partial charge in [-0.15, -0.1) is 0 Å². The molecule has 3 aromatic carbocycles. The second-order valence-electron chi connectivity index (χ2n) is 7.72. The van der Waals surface area contributed by atoms with Gasteiger partial charge >= 0.3 is 0 Å². The minimum absolute atomic E-state index is 1.06. The minimum atomic E-state index is 1.06. The summed E-state index contributed by atoms with van der Waals surface area (Å²) in [5.41, 5.74) is 10.5. The van der Waals surface area contributed by atoms with Gasteiger partial charge in [-0.1, -0.05) is 54.6 Å². The molecule has 0 saturated carbocycles. The third-order valence-corrected chi connectivity index (χ3v) is 6.15. The number of rotatable bonds is 1. The second-order valence-corrected chi connectivity index (χ2v) is 7.72. The lowest BCUT2D eigenvalue weighted by Crippen LogP contribution is -2.07. The zero-order chi connectivity index (χ0) is 18.1. The molecule has 0 radical (unpaired) electrons. The summed E-state index contributed by atoms with van der Waals surface area (Å²) in [7, 11) is 0. The standard InChI is InChI=1S/C25H20N2/c1-15-6-3-7-16(2)22(15)19-9-5-11-21-23(19)20-10-4-8-17-12-13-18-14-26-25(21)27(18)24(17)20/h3-11,14H,12-13H2,1-2H3. The summed E-state index contributed by atoms with van der Waals surface area (Å²) in [6.07, 6.45) is 4.22. The first-order valence-electron chi connectivity index (χ1n) is 9.63. The van der Waals surface area contributed by atoms with Crippen LogP contribution in [0.2, 0.25) is 0 Å². The van der Waals surface area contributed by atoms with Gasteiger partial charge < -0.3 is 0 Å². The molecule has 5 aromatic rings. The van der Waals surface area contributed by atoms with Gasteiger partial charge in [-0.25, -0.2) is 4.98 Å². The molecule has 130 valence electrons. The Hall–Kier alpha value is -3.13. The van der Waals surface area contributed by atoms with Crippen LogP contribution in [0.5, 0.6) is 0 Å². The molecule has 1 aliphatic rings. The molecule has 0 bridgehead atoms. The fraction of sp³-hybridized carbons (Fsp3) is 0.160. The third-order valence-electron chi connectivity index (χ3n) is 6.15. The van der Waals surface area contributed by atoms with Crippen molar-refractivity contribution in [3.8, 4) is 11.1 Å². The Morgan fingerprint density at radius 3 is 2.41 bits per heavy atom. The van der Waals surface area contributed by atoms with Gasteiger partial charge in [0.05, 0.1) is 5.52 Å². The molecular formula is C25H20N2. The molecule has 2 aromatic heterocycles. The number of pyridine rings is 1. The van der Waals surface area contributed by atoms with Crippen molar-refractivity contribution in [1.82, 2.24) is 9.38 Å². The molecule has 0 spiro atoms. The van der Waals surface area contributed by atoms with Crippen molar-refractivity contribution in [1.29, 1.82) is 0 Å². The number of aryl methyl sites for hydroxylation is 4. The zero-order valence-electron chi connectivity index (χ0n) is 15.6. The van der Waals surface area contributed by atoms with Crippen LogP contribution in [0.1, 0.15) is 22.4 Å². The average Bonchev–Trinajstić information content (AvgIpc) is 3.12. The Morgan fingerprint density at radius 2 is 1.56 bits per heavy atom. The van der Waals surface area contributed by atoms with E-state index < -0.39 is 0 Å². The second kappa shape index (κ2) is 5.20. The average molecular weight is 348 g/mol. The first-order valence-corrected chi connectivity index (χ1v) is 9.63. The number of benzene rings is 3. The van der Waals surface area contributed by atoms with Crippen LogP contribution in [0.3, 0.4) is 0 Å². The summed E-state index contributed by atoms with van der Waals surface area (Å²) in [6, 6.07) is 20.0. The number of aromatic nitrogens is 2. The molecule has 0 saturated heterocycles. The largest absolute Gasteiger partial charge is 0.296 e. The highest BCUT2D eigenvalue weighted by atomic mass is 15.0. The molecule has 0 aliphatic carbocycles. The van der Waals surface area contributed by atoms with E-state index in [1.807, 2.05) is 0 Å². The van der Waals surface area contributed by atoms with Crippen LogP contribution in [0.15, 0.2) is 60.8 Å². The molecule has 0 fully saturated rings. The summed E-state index contributed by atoms with van der Waals surface area (Å²) < 4.78 is 2.39. The molecule has 0 N–H and O–H groups in total. The van der Waals surface area contributed by atoms with Crippen molar-refractivity contribution in [2.45, 2.75) is 26.7 Å². The van der Waals surface area contributed by atoms with E-state index in [0.717, 1.165) is 18.5 Å². The van der Waals surface area contributed by atoms with Crippen LogP contribution in [0.4, 0.5) is 0 Å². The van der Waals surface area contributed by atoms with E-state index in [2.05, 4.69) is 79.0 Å². The van der Waals surface area contributed by atoms with Crippen molar-refractivity contribution >= 4 is 27.3 Å². The van der Waals surface area contributed by atoms with E-state index in [4.69, 9.17) is 4.98 Å². The van der Waals surface area contributed by atoms with E-state index in [0.29, 0.717) is 0 Å². The maximum Gasteiger partial charge on any atom is 0.145 e.